The molecule has 35 heavy (non-hydrogen) atoms. The quantitative estimate of drug-likeness (QED) is 0.547. The molecular formula is C28H38FNO5. The lowest BCUT2D eigenvalue weighted by Gasteiger charge is -2.59. The van der Waals surface area contributed by atoms with E-state index in [9.17, 15) is 0 Å². The molecule has 0 aromatic heterocycles. The Morgan fingerprint density at radius 2 is 1.66 bits per heavy atom. The second kappa shape index (κ2) is 8.66. The first-order valence-corrected chi connectivity index (χ1v) is 13.8. The fraction of sp³-hybridized carbons (Fsp3) is 0.786. The van der Waals surface area contributed by atoms with Gasteiger partial charge in [-0.15, -0.1) is 0 Å². The zero-order valence-corrected chi connectivity index (χ0v) is 20.6. The molecule has 1 aromatic carbocycles. The highest BCUT2D eigenvalue weighted by atomic mass is 19.1. The molecule has 2 unspecified atom stereocenters. The van der Waals surface area contributed by atoms with E-state index in [1.165, 1.54) is 5.56 Å². The largest absolute Gasteiger partial charge is 0.492 e. The van der Waals surface area contributed by atoms with Crippen molar-refractivity contribution in [2.45, 2.75) is 80.9 Å². The number of rotatable bonds is 5. The van der Waals surface area contributed by atoms with E-state index in [0.717, 1.165) is 83.5 Å². The zero-order chi connectivity index (χ0) is 23.5. The summed E-state index contributed by atoms with van der Waals surface area (Å²) in [6, 6.07) is 8.61. The van der Waals surface area contributed by atoms with Crippen LogP contribution in [0, 0.1) is 17.8 Å². The predicted molar refractivity (Wildman–Crippen MR) is 127 cm³/mol. The minimum Gasteiger partial charge on any atom is -0.492 e. The van der Waals surface area contributed by atoms with Crippen LogP contribution in [0.2, 0.25) is 0 Å². The van der Waals surface area contributed by atoms with Crippen LogP contribution in [-0.4, -0.2) is 61.6 Å². The van der Waals surface area contributed by atoms with Crippen molar-refractivity contribution in [2.75, 3.05) is 39.5 Å². The Hall–Kier alpha value is -1.25. The Bertz CT molecular complexity index is 894. The van der Waals surface area contributed by atoms with E-state index in [1.807, 2.05) is 0 Å². The molecule has 5 saturated carbocycles. The van der Waals surface area contributed by atoms with Gasteiger partial charge in [0.2, 0.25) is 11.6 Å². The van der Waals surface area contributed by atoms with Gasteiger partial charge < -0.3 is 14.2 Å². The molecule has 0 radical (unpaired) electrons. The lowest BCUT2D eigenvalue weighted by Crippen LogP contribution is -2.63. The number of benzene rings is 1. The summed E-state index contributed by atoms with van der Waals surface area (Å²) in [5, 5.41) is 0. The maximum Gasteiger partial charge on any atom is 0.210 e. The molecular weight excluding hydrogens is 449 g/mol. The summed E-state index contributed by atoms with van der Waals surface area (Å²) in [5.41, 5.74) is 0.350. The smallest absolute Gasteiger partial charge is 0.210 e. The average Bonchev–Trinajstić information content (AvgIpc) is 3.23. The summed E-state index contributed by atoms with van der Waals surface area (Å²) in [6.45, 7) is 5.26. The predicted octanol–water partition coefficient (Wildman–Crippen LogP) is 4.97. The third-order valence-electron chi connectivity index (χ3n) is 9.80. The first kappa shape index (κ1) is 22.9. The van der Waals surface area contributed by atoms with Crippen LogP contribution in [0.4, 0.5) is 4.39 Å². The van der Waals surface area contributed by atoms with Crippen LogP contribution < -0.4 is 4.74 Å². The molecule has 5 aliphatic carbocycles. The average molecular weight is 488 g/mol. The SMILES string of the molecule is FC12CC3CC(C1)C1(OOC4(CCC(c5ccc(OCCN6CCOCC6)cc5)CC4)O1)C(C3)C2. The number of ether oxygens (including phenoxy) is 3. The minimum atomic E-state index is -1.000. The summed E-state index contributed by atoms with van der Waals surface area (Å²) in [5.74, 6) is 0.809. The van der Waals surface area contributed by atoms with E-state index in [-0.39, 0.29) is 11.8 Å². The molecule has 4 bridgehead atoms. The van der Waals surface area contributed by atoms with Crippen LogP contribution in [0.1, 0.15) is 69.3 Å². The van der Waals surface area contributed by atoms with E-state index in [2.05, 4.69) is 29.2 Å². The van der Waals surface area contributed by atoms with Gasteiger partial charge in [0.1, 0.15) is 18.0 Å². The van der Waals surface area contributed by atoms with Gasteiger partial charge in [-0.1, -0.05) is 12.1 Å². The van der Waals surface area contributed by atoms with Crippen molar-refractivity contribution in [2.24, 2.45) is 17.8 Å². The third-order valence-corrected chi connectivity index (χ3v) is 9.80. The van der Waals surface area contributed by atoms with Crippen LogP contribution in [0.5, 0.6) is 5.75 Å². The topological polar surface area (TPSA) is 49.4 Å². The Labute approximate surface area is 207 Å². The molecule has 8 rings (SSSR count). The van der Waals surface area contributed by atoms with Gasteiger partial charge in [0.25, 0.3) is 0 Å². The van der Waals surface area contributed by atoms with Gasteiger partial charge >= 0.3 is 0 Å². The number of hydrogen-bond acceptors (Lipinski definition) is 6. The van der Waals surface area contributed by atoms with Crippen molar-refractivity contribution >= 4 is 0 Å². The molecule has 2 aliphatic heterocycles. The highest BCUT2D eigenvalue weighted by Crippen LogP contribution is 2.66. The molecule has 2 heterocycles. The monoisotopic (exact) mass is 487 g/mol. The van der Waals surface area contributed by atoms with Crippen molar-refractivity contribution in [3.05, 3.63) is 29.8 Å². The first-order chi connectivity index (χ1) is 17.0. The van der Waals surface area contributed by atoms with E-state index >= 15 is 4.39 Å². The van der Waals surface area contributed by atoms with E-state index in [4.69, 9.17) is 24.0 Å². The number of halogens is 1. The van der Waals surface area contributed by atoms with Gasteiger partial charge in [0.05, 0.1) is 13.2 Å². The molecule has 192 valence electrons. The van der Waals surface area contributed by atoms with Crippen LogP contribution in [0.25, 0.3) is 0 Å². The van der Waals surface area contributed by atoms with E-state index in [1.54, 1.807) is 0 Å². The Morgan fingerprint density at radius 3 is 2.34 bits per heavy atom. The molecule has 6 nitrogen and oxygen atoms in total. The Morgan fingerprint density at radius 1 is 0.943 bits per heavy atom. The lowest BCUT2D eigenvalue weighted by atomic mass is 9.52. The number of nitrogens with zero attached hydrogens (tertiary/aromatic N) is 1. The highest BCUT2D eigenvalue weighted by Gasteiger charge is 2.70. The van der Waals surface area contributed by atoms with Gasteiger partial charge in [-0.25, -0.2) is 4.39 Å². The van der Waals surface area contributed by atoms with Crippen LogP contribution in [-0.2, 0) is 19.2 Å². The second-order valence-electron chi connectivity index (χ2n) is 12.0. The maximum atomic E-state index is 15.2. The highest BCUT2D eigenvalue weighted by molar-refractivity contribution is 5.30. The number of alkyl halides is 1. The number of hydrogen-bond donors (Lipinski definition) is 0. The van der Waals surface area contributed by atoms with Gasteiger partial charge in [0.15, 0.2) is 0 Å². The summed E-state index contributed by atoms with van der Waals surface area (Å²) in [7, 11) is 0. The van der Waals surface area contributed by atoms with Crippen LogP contribution in [0.3, 0.4) is 0 Å². The standard InChI is InChI=1S/C28H38FNO5/c29-26-17-20-15-23(18-26)28(24(16-20)19-26)33-27(34-35-28)7-5-22(6-8-27)21-1-3-25(4-2-21)32-14-11-30-9-12-31-13-10-30/h1-4,20,22-24H,5-19H2. The molecule has 2 spiro atoms. The van der Waals surface area contributed by atoms with Gasteiger partial charge in [-0.3, -0.25) is 4.90 Å². The third kappa shape index (κ3) is 4.11. The van der Waals surface area contributed by atoms with E-state index < -0.39 is 17.2 Å². The molecule has 7 heteroatoms. The van der Waals surface area contributed by atoms with Crippen molar-refractivity contribution in [3.63, 3.8) is 0 Å². The Kier molecular flexibility index (Phi) is 5.67. The van der Waals surface area contributed by atoms with Crippen molar-refractivity contribution in [1.82, 2.24) is 4.90 Å². The molecule has 0 amide bonds. The molecule has 2 atom stereocenters. The zero-order valence-electron chi connectivity index (χ0n) is 20.6. The maximum absolute atomic E-state index is 15.2. The fourth-order valence-electron chi connectivity index (χ4n) is 8.13. The minimum absolute atomic E-state index is 0.131. The molecule has 1 aromatic rings. The molecule has 7 fully saturated rings. The van der Waals surface area contributed by atoms with Crippen LogP contribution in [0.15, 0.2) is 24.3 Å². The molecule has 7 aliphatic rings. The summed E-state index contributed by atoms with van der Waals surface area (Å²) < 4.78 is 33.3. The number of morpholine rings is 1. The van der Waals surface area contributed by atoms with E-state index in [0.29, 0.717) is 31.3 Å². The van der Waals surface area contributed by atoms with Gasteiger partial charge in [-0.2, -0.15) is 9.78 Å². The molecule has 0 N–H and O–H groups in total. The second-order valence-corrected chi connectivity index (χ2v) is 12.0. The van der Waals surface area contributed by atoms with Crippen molar-refractivity contribution in [1.29, 1.82) is 0 Å². The van der Waals surface area contributed by atoms with Gasteiger partial charge in [0, 0.05) is 44.3 Å². The normalized spacial score (nSPS) is 44.9. The first-order valence-electron chi connectivity index (χ1n) is 13.8. The summed E-state index contributed by atoms with van der Waals surface area (Å²) in [4.78, 5) is 14.5. The van der Waals surface area contributed by atoms with Gasteiger partial charge in [-0.05, 0) is 74.5 Å². The summed E-state index contributed by atoms with van der Waals surface area (Å²) >= 11 is 0. The Balaban J connectivity index is 0.934. The summed E-state index contributed by atoms with van der Waals surface area (Å²) in [6.07, 6.45) is 7.56. The van der Waals surface area contributed by atoms with Crippen LogP contribution >= 0.6 is 0 Å². The van der Waals surface area contributed by atoms with Crippen molar-refractivity contribution in [3.8, 4) is 5.75 Å². The fourth-order valence-corrected chi connectivity index (χ4v) is 8.13. The lowest BCUT2D eigenvalue weighted by molar-refractivity contribution is -0.394. The molecule has 2 saturated heterocycles. The van der Waals surface area contributed by atoms with Crippen molar-refractivity contribution < 1.29 is 28.4 Å².